The smallest absolute Gasteiger partial charge is 0.0862 e. The van der Waals surface area contributed by atoms with Gasteiger partial charge in [0.25, 0.3) is 0 Å². The summed E-state index contributed by atoms with van der Waals surface area (Å²) >= 11 is 12.5. The Morgan fingerprint density at radius 3 is 2.82 bits per heavy atom. The minimum Gasteiger partial charge on any atom is -0.264 e. The highest BCUT2D eigenvalue weighted by Gasteiger charge is 2.30. The minimum absolute atomic E-state index is 0.0880. The Kier molecular flexibility index (Phi) is 3.55. The van der Waals surface area contributed by atoms with E-state index in [9.17, 15) is 0 Å². The number of nitrogens with zero attached hydrogens (tertiary/aromatic N) is 2. The quantitative estimate of drug-likeness (QED) is 0.732. The van der Waals surface area contributed by atoms with Gasteiger partial charge in [0.2, 0.25) is 0 Å². The van der Waals surface area contributed by atoms with E-state index in [-0.39, 0.29) is 10.8 Å². The molecule has 0 bridgehead atoms. The number of aryl methyl sites for hydroxylation is 1. The molecule has 0 saturated carbocycles. The fourth-order valence-electron chi connectivity index (χ4n) is 2.54. The zero-order chi connectivity index (χ0) is 12.6. The maximum Gasteiger partial charge on any atom is 0.0862 e. The van der Waals surface area contributed by atoms with Crippen molar-refractivity contribution in [2.24, 2.45) is 5.41 Å². The summed E-state index contributed by atoms with van der Waals surface area (Å²) < 4.78 is 1.94. The molecule has 1 atom stereocenters. The normalized spacial score (nSPS) is 23.6. The number of hydrogen-bond donors (Lipinski definition) is 0. The van der Waals surface area contributed by atoms with Gasteiger partial charge in [-0.1, -0.05) is 31.5 Å². The van der Waals surface area contributed by atoms with Crippen LogP contribution < -0.4 is 0 Å². The van der Waals surface area contributed by atoms with Gasteiger partial charge in [0.15, 0.2) is 0 Å². The number of allylic oxidation sites excluding steroid dienone is 2. The first-order chi connectivity index (χ1) is 7.93. The van der Waals surface area contributed by atoms with Crippen LogP contribution in [0.2, 0.25) is 5.02 Å². The first-order valence-corrected chi connectivity index (χ1v) is 6.81. The Morgan fingerprint density at radius 2 is 2.24 bits per heavy atom. The number of aromatic nitrogens is 2. The zero-order valence-corrected chi connectivity index (χ0v) is 12.0. The van der Waals surface area contributed by atoms with Crippen molar-refractivity contribution < 1.29 is 0 Å². The fourth-order valence-corrected chi connectivity index (χ4v) is 3.37. The van der Waals surface area contributed by atoms with Crippen molar-refractivity contribution in [3.05, 3.63) is 23.0 Å². The van der Waals surface area contributed by atoms with Gasteiger partial charge in [-0.05, 0) is 30.8 Å². The van der Waals surface area contributed by atoms with Gasteiger partial charge in [-0.15, -0.1) is 11.6 Å². The lowest BCUT2D eigenvalue weighted by Crippen LogP contribution is -2.22. The number of alkyl halides is 1. The lowest BCUT2D eigenvalue weighted by Gasteiger charge is -2.32. The maximum absolute atomic E-state index is 6.31. The Balaban J connectivity index is 2.42. The Morgan fingerprint density at radius 1 is 1.53 bits per heavy atom. The summed E-state index contributed by atoms with van der Waals surface area (Å²) in [5.74, 6) is 0. The van der Waals surface area contributed by atoms with Gasteiger partial charge >= 0.3 is 0 Å². The predicted molar refractivity (Wildman–Crippen MR) is 73.5 cm³/mol. The summed E-state index contributed by atoms with van der Waals surface area (Å²) in [5.41, 5.74) is 2.49. The van der Waals surface area contributed by atoms with Crippen LogP contribution >= 0.6 is 23.2 Å². The highest BCUT2D eigenvalue weighted by molar-refractivity contribution is 6.32. The lowest BCUT2D eigenvalue weighted by atomic mass is 9.76. The Bertz CT molecular complexity index is 446. The zero-order valence-electron chi connectivity index (χ0n) is 10.5. The standard InChI is InChI=1S/C13H18Cl2N2/c1-4-17-12(11(15)8-16-17)9-5-10(14)7-13(2,3)6-9/h5,8,10H,4,6-7H2,1-3H3. The van der Waals surface area contributed by atoms with Gasteiger partial charge in [0.05, 0.1) is 22.3 Å². The van der Waals surface area contributed by atoms with Crippen LogP contribution in [-0.4, -0.2) is 15.2 Å². The van der Waals surface area contributed by atoms with Crippen molar-refractivity contribution in [1.29, 1.82) is 0 Å². The van der Waals surface area contributed by atoms with E-state index >= 15 is 0 Å². The maximum atomic E-state index is 6.31. The topological polar surface area (TPSA) is 17.8 Å². The molecule has 1 aliphatic carbocycles. The van der Waals surface area contributed by atoms with Crippen molar-refractivity contribution in [2.45, 2.75) is 45.5 Å². The second-order valence-electron chi connectivity index (χ2n) is 5.41. The van der Waals surface area contributed by atoms with Gasteiger partial charge in [0, 0.05) is 6.54 Å². The van der Waals surface area contributed by atoms with Crippen LogP contribution in [0.4, 0.5) is 0 Å². The molecule has 0 radical (unpaired) electrons. The van der Waals surface area contributed by atoms with Gasteiger partial charge < -0.3 is 0 Å². The van der Waals surface area contributed by atoms with Crippen LogP contribution in [0.1, 0.15) is 39.3 Å². The molecule has 0 amide bonds. The van der Waals surface area contributed by atoms with Crippen molar-refractivity contribution in [3.63, 3.8) is 0 Å². The first-order valence-electron chi connectivity index (χ1n) is 5.99. The molecule has 1 aromatic rings. The SMILES string of the molecule is CCn1ncc(Cl)c1C1=CC(Cl)CC(C)(C)C1. The van der Waals surface area contributed by atoms with Gasteiger partial charge in [-0.2, -0.15) is 5.10 Å². The predicted octanol–water partition coefficient (Wildman–Crippen LogP) is 4.37. The Labute approximate surface area is 113 Å². The van der Waals surface area contributed by atoms with E-state index in [4.69, 9.17) is 23.2 Å². The molecule has 1 aliphatic rings. The van der Waals surface area contributed by atoms with E-state index < -0.39 is 0 Å². The van der Waals surface area contributed by atoms with Crippen LogP contribution in [0.5, 0.6) is 0 Å². The third-order valence-corrected chi connectivity index (χ3v) is 3.75. The molecule has 4 heteroatoms. The molecular formula is C13H18Cl2N2. The molecule has 17 heavy (non-hydrogen) atoms. The summed E-state index contributed by atoms with van der Waals surface area (Å²) in [6, 6.07) is 0. The van der Waals surface area contributed by atoms with Crippen molar-refractivity contribution in [2.75, 3.05) is 0 Å². The van der Waals surface area contributed by atoms with Crippen LogP contribution in [0, 0.1) is 5.41 Å². The molecule has 2 nitrogen and oxygen atoms in total. The van der Waals surface area contributed by atoms with E-state index in [2.05, 4.69) is 31.9 Å². The molecule has 0 fully saturated rings. The largest absolute Gasteiger partial charge is 0.264 e. The average molecular weight is 273 g/mol. The second kappa shape index (κ2) is 4.66. The molecule has 1 heterocycles. The fraction of sp³-hybridized carbons (Fsp3) is 0.615. The molecule has 94 valence electrons. The van der Waals surface area contributed by atoms with Crippen LogP contribution in [0.3, 0.4) is 0 Å². The molecule has 0 saturated heterocycles. The van der Waals surface area contributed by atoms with E-state index in [1.54, 1.807) is 6.20 Å². The van der Waals surface area contributed by atoms with E-state index in [1.165, 1.54) is 5.57 Å². The second-order valence-corrected chi connectivity index (χ2v) is 6.38. The third kappa shape index (κ3) is 2.69. The van der Waals surface area contributed by atoms with Gasteiger partial charge in [-0.25, -0.2) is 0 Å². The molecule has 2 rings (SSSR count). The monoisotopic (exact) mass is 272 g/mol. The number of hydrogen-bond acceptors (Lipinski definition) is 1. The minimum atomic E-state index is 0.0880. The average Bonchev–Trinajstić information content (AvgIpc) is 2.56. The molecular weight excluding hydrogens is 255 g/mol. The van der Waals surface area contributed by atoms with E-state index in [0.29, 0.717) is 0 Å². The Hall–Kier alpha value is -0.470. The van der Waals surface area contributed by atoms with Crippen molar-refractivity contribution >= 4 is 28.8 Å². The highest BCUT2D eigenvalue weighted by Crippen LogP contribution is 2.42. The molecule has 0 spiro atoms. The van der Waals surface area contributed by atoms with Crippen molar-refractivity contribution in [3.8, 4) is 0 Å². The molecule has 0 aromatic carbocycles. The third-order valence-electron chi connectivity index (χ3n) is 3.20. The molecule has 0 N–H and O–H groups in total. The molecule has 1 unspecified atom stereocenters. The van der Waals surface area contributed by atoms with Crippen LogP contribution in [0.15, 0.2) is 12.3 Å². The van der Waals surface area contributed by atoms with Crippen LogP contribution in [-0.2, 0) is 6.54 Å². The van der Waals surface area contributed by atoms with Crippen molar-refractivity contribution in [1.82, 2.24) is 9.78 Å². The van der Waals surface area contributed by atoms with Crippen LogP contribution in [0.25, 0.3) is 5.57 Å². The first kappa shape index (κ1) is 13.0. The van der Waals surface area contributed by atoms with E-state index in [1.807, 2.05) is 4.68 Å². The number of halogens is 2. The lowest BCUT2D eigenvalue weighted by molar-refractivity contribution is 0.339. The molecule has 0 aliphatic heterocycles. The number of rotatable bonds is 2. The van der Waals surface area contributed by atoms with Gasteiger partial charge in [0.1, 0.15) is 0 Å². The van der Waals surface area contributed by atoms with E-state index in [0.717, 1.165) is 30.1 Å². The molecule has 1 aromatic heterocycles. The van der Waals surface area contributed by atoms with Gasteiger partial charge in [-0.3, -0.25) is 4.68 Å². The summed E-state index contributed by atoms with van der Waals surface area (Å²) in [4.78, 5) is 0. The summed E-state index contributed by atoms with van der Waals surface area (Å²) in [6.07, 6.45) is 5.85. The summed E-state index contributed by atoms with van der Waals surface area (Å²) in [7, 11) is 0. The summed E-state index contributed by atoms with van der Waals surface area (Å²) in [6.45, 7) is 7.39. The summed E-state index contributed by atoms with van der Waals surface area (Å²) in [5, 5.41) is 5.09. The highest BCUT2D eigenvalue weighted by atomic mass is 35.5.